The minimum atomic E-state index is -0.0833. The summed E-state index contributed by atoms with van der Waals surface area (Å²) in [6.07, 6.45) is 1.20. The molecule has 3 nitrogen and oxygen atoms in total. The van der Waals surface area contributed by atoms with Crippen LogP contribution in [0, 0.1) is 0 Å². The Hall–Kier alpha value is -0.990. The summed E-state index contributed by atoms with van der Waals surface area (Å²) in [5.41, 5.74) is 0.472. The highest BCUT2D eigenvalue weighted by Crippen LogP contribution is 1.86. The molecular weight excluding hydrogens is 92.1 g/mol. The molecule has 0 aromatic carbocycles. The van der Waals surface area contributed by atoms with Crippen molar-refractivity contribution in [2.45, 2.75) is 6.92 Å². The van der Waals surface area contributed by atoms with Crippen LogP contribution in [-0.4, -0.2) is 17.7 Å². The van der Waals surface area contributed by atoms with Crippen molar-refractivity contribution in [3.63, 3.8) is 0 Å². The predicted molar refractivity (Wildman–Crippen MR) is 26.6 cm³/mol. The molecule has 0 aromatic heterocycles. The second kappa shape index (κ2) is 1.26. The molecule has 0 atom stereocenters. The van der Waals surface area contributed by atoms with Gasteiger partial charge in [0, 0.05) is 0 Å². The van der Waals surface area contributed by atoms with Gasteiger partial charge in [0.05, 0.1) is 6.21 Å². The molecule has 3 heteroatoms. The van der Waals surface area contributed by atoms with E-state index >= 15 is 0 Å². The topological polar surface area (TPSA) is 41.8 Å². The second-order valence-electron chi connectivity index (χ2n) is 1.29. The van der Waals surface area contributed by atoms with Gasteiger partial charge in [0.15, 0.2) is 0 Å². The number of hydrogen-bond donors (Lipinski definition) is 0. The summed E-state index contributed by atoms with van der Waals surface area (Å²) >= 11 is 0. The lowest BCUT2D eigenvalue weighted by Gasteiger charge is -1.74. The number of rotatable bonds is 0. The zero-order valence-electron chi connectivity index (χ0n) is 3.88. The summed E-state index contributed by atoms with van der Waals surface area (Å²) in [4.78, 5) is 10.3. The minimum absolute atomic E-state index is 0.0833. The first-order valence-electron chi connectivity index (χ1n) is 1.92. The monoisotopic (exact) mass is 96.0 g/mol. The van der Waals surface area contributed by atoms with Crippen molar-refractivity contribution < 1.29 is 4.79 Å². The van der Waals surface area contributed by atoms with Gasteiger partial charge in [-0.1, -0.05) is 0 Å². The lowest BCUT2D eigenvalue weighted by atomic mass is 10.3. The van der Waals surface area contributed by atoms with Crippen LogP contribution in [0.4, 0.5) is 0 Å². The van der Waals surface area contributed by atoms with E-state index < -0.39 is 0 Å². The molecule has 1 aliphatic rings. The van der Waals surface area contributed by atoms with Crippen LogP contribution in [0.2, 0.25) is 0 Å². The van der Waals surface area contributed by atoms with E-state index in [0.29, 0.717) is 5.71 Å². The third-order valence-electron chi connectivity index (χ3n) is 0.739. The summed E-state index contributed by atoms with van der Waals surface area (Å²) in [6, 6.07) is 0. The maximum Gasteiger partial charge on any atom is 0.221 e. The number of carbonyl (C=O) groups is 1. The molecule has 1 heterocycles. The zero-order valence-corrected chi connectivity index (χ0v) is 3.88. The molecule has 0 spiro atoms. The molecule has 0 saturated carbocycles. The first kappa shape index (κ1) is 4.18. The molecule has 0 aromatic rings. The summed E-state index contributed by atoms with van der Waals surface area (Å²) in [6.45, 7) is 1.63. The highest BCUT2D eigenvalue weighted by molar-refractivity contribution is 6.61. The van der Waals surface area contributed by atoms with Crippen LogP contribution in [0.15, 0.2) is 10.2 Å². The molecule has 0 radical (unpaired) electrons. The fourth-order valence-electron chi connectivity index (χ4n) is 0.311. The summed E-state index contributed by atoms with van der Waals surface area (Å²) in [5.74, 6) is -0.0833. The van der Waals surface area contributed by atoms with Crippen molar-refractivity contribution in [3.05, 3.63) is 0 Å². The smallest absolute Gasteiger partial charge is 0.221 e. The Morgan fingerprint density at radius 2 is 2.43 bits per heavy atom. The van der Waals surface area contributed by atoms with Gasteiger partial charge in [-0.3, -0.25) is 4.79 Å². The zero-order chi connectivity index (χ0) is 5.28. The fourth-order valence-corrected chi connectivity index (χ4v) is 0.311. The Kier molecular flexibility index (Phi) is 0.749. The van der Waals surface area contributed by atoms with Gasteiger partial charge in [0.25, 0.3) is 0 Å². The number of hydrogen-bond acceptors (Lipinski definition) is 3. The molecular formula is C4H4N2O. The lowest BCUT2D eigenvalue weighted by Crippen LogP contribution is -2.04. The maximum absolute atomic E-state index is 10.3. The molecule has 1 rings (SSSR count). The third kappa shape index (κ3) is 0.559. The van der Waals surface area contributed by atoms with Gasteiger partial charge in [0.2, 0.25) is 5.78 Å². The fraction of sp³-hybridized carbons (Fsp3) is 0.250. The van der Waals surface area contributed by atoms with Crippen molar-refractivity contribution in [1.29, 1.82) is 0 Å². The molecule has 36 valence electrons. The van der Waals surface area contributed by atoms with E-state index in [4.69, 9.17) is 0 Å². The number of ketones is 1. The maximum atomic E-state index is 10.3. The normalized spacial score (nSPS) is 17.9. The van der Waals surface area contributed by atoms with E-state index in [1.165, 1.54) is 6.21 Å². The van der Waals surface area contributed by atoms with Crippen LogP contribution in [0.3, 0.4) is 0 Å². The Morgan fingerprint density at radius 1 is 1.71 bits per heavy atom. The van der Waals surface area contributed by atoms with Crippen LogP contribution in [0.1, 0.15) is 6.92 Å². The van der Waals surface area contributed by atoms with Crippen molar-refractivity contribution in [2.24, 2.45) is 10.2 Å². The van der Waals surface area contributed by atoms with E-state index in [0.717, 1.165) is 0 Å². The molecule has 0 bridgehead atoms. The van der Waals surface area contributed by atoms with Crippen LogP contribution in [-0.2, 0) is 4.79 Å². The van der Waals surface area contributed by atoms with E-state index in [9.17, 15) is 4.79 Å². The Bertz CT molecular complexity index is 157. The van der Waals surface area contributed by atoms with Crippen LogP contribution in [0.5, 0.6) is 0 Å². The van der Waals surface area contributed by atoms with Crippen LogP contribution < -0.4 is 0 Å². The quantitative estimate of drug-likeness (QED) is 0.419. The predicted octanol–water partition coefficient (Wildman–Crippen LogP) is 0.0158. The average molecular weight is 96.1 g/mol. The van der Waals surface area contributed by atoms with Gasteiger partial charge in [-0.2, -0.15) is 10.2 Å². The first-order chi connectivity index (χ1) is 3.30. The van der Waals surface area contributed by atoms with Gasteiger partial charge < -0.3 is 0 Å². The summed E-state index contributed by atoms with van der Waals surface area (Å²) in [5, 5.41) is 6.81. The number of Topliss-reactive ketones (excluding diaryl/α,β-unsaturated/α-hetero) is 1. The molecule has 0 aliphatic carbocycles. The highest BCUT2D eigenvalue weighted by Gasteiger charge is 2.05. The number of nitrogens with zero attached hydrogens (tertiary/aromatic N) is 2. The van der Waals surface area contributed by atoms with Crippen LogP contribution in [0.25, 0.3) is 0 Å². The van der Waals surface area contributed by atoms with Crippen LogP contribution >= 0.6 is 0 Å². The summed E-state index contributed by atoms with van der Waals surface area (Å²) in [7, 11) is 0. The molecule has 0 N–H and O–H groups in total. The SMILES string of the molecule is CC1=NN=CC1=O. The molecule has 0 unspecified atom stereocenters. The van der Waals surface area contributed by atoms with Crippen molar-refractivity contribution in [3.8, 4) is 0 Å². The van der Waals surface area contributed by atoms with Crippen molar-refractivity contribution in [2.75, 3.05) is 0 Å². The molecule has 0 saturated heterocycles. The first-order valence-corrected chi connectivity index (χ1v) is 1.92. The highest BCUT2D eigenvalue weighted by atomic mass is 16.1. The second-order valence-corrected chi connectivity index (χ2v) is 1.29. The van der Waals surface area contributed by atoms with Gasteiger partial charge in [-0.05, 0) is 6.92 Å². The third-order valence-corrected chi connectivity index (χ3v) is 0.739. The molecule has 1 aliphatic heterocycles. The van der Waals surface area contributed by atoms with Gasteiger partial charge in [-0.15, -0.1) is 0 Å². The standard InChI is InChI=1S/C4H4N2O/c1-3-4(7)2-5-6-3/h2H,1H3. The van der Waals surface area contributed by atoms with Crippen molar-refractivity contribution in [1.82, 2.24) is 0 Å². The summed E-state index contributed by atoms with van der Waals surface area (Å²) < 4.78 is 0. The molecule has 7 heavy (non-hydrogen) atoms. The van der Waals surface area contributed by atoms with Gasteiger partial charge >= 0.3 is 0 Å². The number of carbonyl (C=O) groups excluding carboxylic acids is 1. The average Bonchev–Trinajstić information content (AvgIpc) is 1.91. The molecule has 0 fully saturated rings. The Labute approximate surface area is 40.8 Å². The Balaban J connectivity index is 2.89. The van der Waals surface area contributed by atoms with E-state index in [-0.39, 0.29) is 5.78 Å². The molecule has 0 amide bonds. The van der Waals surface area contributed by atoms with E-state index in [2.05, 4.69) is 10.2 Å². The van der Waals surface area contributed by atoms with E-state index in [1.54, 1.807) is 6.92 Å². The van der Waals surface area contributed by atoms with Gasteiger partial charge in [-0.25, -0.2) is 0 Å². The van der Waals surface area contributed by atoms with E-state index in [1.807, 2.05) is 0 Å². The van der Waals surface area contributed by atoms with Crippen molar-refractivity contribution >= 4 is 17.7 Å². The largest absolute Gasteiger partial charge is 0.286 e. The van der Waals surface area contributed by atoms with Gasteiger partial charge in [0.1, 0.15) is 5.71 Å². The lowest BCUT2D eigenvalue weighted by molar-refractivity contribution is -0.106. The Morgan fingerprint density at radius 3 is 2.57 bits per heavy atom. The minimum Gasteiger partial charge on any atom is -0.286 e.